The van der Waals surface area contributed by atoms with Gasteiger partial charge in [0.15, 0.2) is 6.29 Å². The van der Waals surface area contributed by atoms with E-state index in [-0.39, 0.29) is 17.8 Å². The molecule has 9 nitrogen and oxygen atoms in total. The summed E-state index contributed by atoms with van der Waals surface area (Å²) in [5.74, 6) is 0.878. The zero-order chi connectivity index (χ0) is 22.9. The van der Waals surface area contributed by atoms with Gasteiger partial charge in [-0.05, 0) is 36.2 Å². The molecule has 2 N–H and O–H groups in total. The summed E-state index contributed by atoms with van der Waals surface area (Å²) in [6.45, 7) is 1.96. The third kappa shape index (κ3) is 6.04. The highest BCUT2D eigenvalue weighted by atomic mass is 16.7. The number of anilines is 1. The van der Waals surface area contributed by atoms with Crippen LogP contribution in [0.15, 0.2) is 64.5 Å². The lowest BCUT2D eigenvalue weighted by Gasteiger charge is -2.23. The van der Waals surface area contributed by atoms with Crippen LogP contribution in [0.1, 0.15) is 24.0 Å². The zero-order valence-corrected chi connectivity index (χ0v) is 17.9. The maximum atomic E-state index is 12.3. The largest absolute Gasteiger partial charge is 0.493 e. The van der Waals surface area contributed by atoms with Gasteiger partial charge < -0.3 is 14.2 Å². The Balaban J connectivity index is 1.35. The molecule has 4 rings (SSSR count). The number of hydrogen-bond donors (Lipinski definition) is 2. The molecule has 0 atom stereocenters. The normalized spacial score (nSPS) is 14.2. The van der Waals surface area contributed by atoms with Crippen LogP contribution in [0.5, 0.6) is 5.75 Å². The molecule has 0 aliphatic carbocycles. The Morgan fingerprint density at radius 3 is 2.67 bits per heavy atom. The van der Waals surface area contributed by atoms with Crippen LogP contribution in [-0.4, -0.2) is 42.3 Å². The second-order valence-corrected chi connectivity index (χ2v) is 7.22. The van der Waals surface area contributed by atoms with Crippen molar-refractivity contribution in [1.82, 2.24) is 9.97 Å². The first-order valence-corrected chi connectivity index (χ1v) is 10.6. The molecule has 9 heteroatoms. The van der Waals surface area contributed by atoms with Crippen LogP contribution in [0.3, 0.4) is 0 Å². The lowest BCUT2D eigenvalue weighted by molar-refractivity contribution is -0.183. The SMILES string of the molecule is N#Cc1c(-c2ccccc2)nc(NN=Cc2ccc(OCCC3OCCCO3)cc2)[nH]c1=O. The van der Waals surface area contributed by atoms with Crippen molar-refractivity contribution in [3.63, 3.8) is 0 Å². The minimum atomic E-state index is -0.533. The van der Waals surface area contributed by atoms with Crippen molar-refractivity contribution in [2.75, 3.05) is 25.2 Å². The molecule has 0 bridgehead atoms. The lowest BCUT2D eigenvalue weighted by Crippen LogP contribution is -2.26. The zero-order valence-electron chi connectivity index (χ0n) is 17.9. The molecule has 0 amide bonds. The van der Waals surface area contributed by atoms with Crippen LogP contribution in [0.25, 0.3) is 11.3 Å². The van der Waals surface area contributed by atoms with Crippen molar-refractivity contribution in [3.8, 4) is 23.1 Å². The molecule has 2 aromatic carbocycles. The molecule has 1 saturated heterocycles. The van der Waals surface area contributed by atoms with E-state index < -0.39 is 5.56 Å². The average Bonchev–Trinajstić information content (AvgIpc) is 2.86. The quantitative estimate of drug-likeness (QED) is 0.403. The summed E-state index contributed by atoms with van der Waals surface area (Å²) in [6.07, 6.45) is 3.00. The van der Waals surface area contributed by atoms with E-state index in [4.69, 9.17) is 14.2 Å². The van der Waals surface area contributed by atoms with Crippen LogP contribution >= 0.6 is 0 Å². The molecular formula is C24H23N5O4. The maximum Gasteiger partial charge on any atom is 0.270 e. The van der Waals surface area contributed by atoms with Gasteiger partial charge in [-0.15, -0.1) is 0 Å². The number of nitrogens with one attached hydrogen (secondary N) is 2. The topological polar surface area (TPSA) is 122 Å². The van der Waals surface area contributed by atoms with E-state index in [1.165, 1.54) is 0 Å². The third-order valence-electron chi connectivity index (χ3n) is 4.86. The van der Waals surface area contributed by atoms with E-state index in [1.54, 1.807) is 18.3 Å². The third-order valence-corrected chi connectivity index (χ3v) is 4.86. The summed E-state index contributed by atoms with van der Waals surface area (Å²) in [4.78, 5) is 19.2. The first-order chi connectivity index (χ1) is 16.2. The Hall–Kier alpha value is -4.00. The number of aromatic amines is 1. The smallest absolute Gasteiger partial charge is 0.270 e. The second-order valence-electron chi connectivity index (χ2n) is 7.22. The Kier molecular flexibility index (Phi) is 7.43. The van der Waals surface area contributed by atoms with E-state index in [0.29, 0.717) is 24.3 Å². The van der Waals surface area contributed by atoms with Crippen molar-refractivity contribution in [1.29, 1.82) is 5.26 Å². The van der Waals surface area contributed by atoms with Crippen LogP contribution in [0.2, 0.25) is 0 Å². The summed E-state index contributed by atoms with van der Waals surface area (Å²) in [5.41, 5.74) is 3.93. The number of hydrogen-bond acceptors (Lipinski definition) is 8. The molecule has 33 heavy (non-hydrogen) atoms. The van der Waals surface area contributed by atoms with Crippen molar-refractivity contribution >= 4 is 12.2 Å². The van der Waals surface area contributed by atoms with Gasteiger partial charge in [0.2, 0.25) is 5.95 Å². The fourth-order valence-electron chi connectivity index (χ4n) is 3.23. The summed E-state index contributed by atoms with van der Waals surface area (Å²) in [6, 6.07) is 18.4. The van der Waals surface area contributed by atoms with Crippen molar-refractivity contribution in [2.45, 2.75) is 19.1 Å². The van der Waals surface area contributed by atoms with Gasteiger partial charge in [-0.3, -0.25) is 9.78 Å². The number of nitriles is 1. The fraction of sp³-hybridized carbons (Fsp3) is 0.250. The Morgan fingerprint density at radius 2 is 1.94 bits per heavy atom. The van der Waals surface area contributed by atoms with E-state index in [9.17, 15) is 10.1 Å². The highest BCUT2D eigenvalue weighted by Gasteiger charge is 2.14. The van der Waals surface area contributed by atoms with Gasteiger partial charge in [0.05, 0.1) is 31.7 Å². The van der Waals surface area contributed by atoms with Crippen LogP contribution < -0.4 is 15.7 Å². The number of benzene rings is 2. The first-order valence-electron chi connectivity index (χ1n) is 10.6. The molecule has 1 aliphatic heterocycles. The van der Waals surface area contributed by atoms with Gasteiger partial charge in [0.1, 0.15) is 17.4 Å². The van der Waals surface area contributed by atoms with Gasteiger partial charge in [0, 0.05) is 12.0 Å². The minimum Gasteiger partial charge on any atom is -0.493 e. The van der Waals surface area contributed by atoms with E-state index in [1.807, 2.05) is 48.5 Å². The fourth-order valence-corrected chi connectivity index (χ4v) is 3.23. The second kappa shape index (κ2) is 11.0. The van der Waals surface area contributed by atoms with Crippen molar-refractivity contribution < 1.29 is 14.2 Å². The summed E-state index contributed by atoms with van der Waals surface area (Å²) >= 11 is 0. The molecule has 1 aromatic heterocycles. The number of ether oxygens (including phenoxy) is 3. The van der Waals surface area contributed by atoms with Gasteiger partial charge in [-0.2, -0.15) is 10.4 Å². The molecule has 1 fully saturated rings. The number of hydrazone groups is 1. The summed E-state index contributed by atoms with van der Waals surface area (Å²) in [7, 11) is 0. The molecule has 0 radical (unpaired) electrons. The predicted octanol–water partition coefficient (Wildman–Crippen LogP) is 3.29. The minimum absolute atomic E-state index is 0.0482. The monoisotopic (exact) mass is 445 g/mol. The molecule has 0 unspecified atom stereocenters. The highest BCUT2D eigenvalue weighted by Crippen LogP contribution is 2.19. The number of H-pyrrole nitrogens is 1. The molecule has 1 aliphatic rings. The van der Waals surface area contributed by atoms with Gasteiger partial charge >= 0.3 is 0 Å². The van der Waals surface area contributed by atoms with E-state index in [0.717, 1.165) is 30.9 Å². The molecule has 168 valence electrons. The molecule has 3 aromatic rings. The standard InChI is InChI=1S/C24H23N5O4/c25-15-20-22(18-5-2-1-3-6-18)27-24(28-23(20)30)29-26-16-17-7-9-19(10-8-17)31-14-11-21-32-12-4-13-33-21/h1-3,5-10,16,21H,4,11-14H2,(H2,27,28,29,30). The number of rotatable bonds is 8. The molecular weight excluding hydrogens is 422 g/mol. The van der Waals surface area contributed by atoms with E-state index >= 15 is 0 Å². The summed E-state index contributed by atoms with van der Waals surface area (Å²) in [5, 5.41) is 13.5. The maximum absolute atomic E-state index is 12.3. The summed E-state index contributed by atoms with van der Waals surface area (Å²) < 4.78 is 16.7. The first kappa shape index (κ1) is 22.2. The molecule has 2 heterocycles. The molecule has 0 spiro atoms. The van der Waals surface area contributed by atoms with Crippen LogP contribution in [0.4, 0.5) is 5.95 Å². The van der Waals surface area contributed by atoms with Crippen LogP contribution in [0, 0.1) is 11.3 Å². The van der Waals surface area contributed by atoms with Gasteiger partial charge in [-0.25, -0.2) is 10.4 Å². The Bertz CT molecular complexity index is 1180. The number of aromatic nitrogens is 2. The Morgan fingerprint density at radius 1 is 1.18 bits per heavy atom. The average molecular weight is 445 g/mol. The van der Waals surface area contributed by atoms with Gasteiger partial charge in [0.25, 0.3) is 5.56 Å². The van der Waals surface area contributed by atoms with Crippen LogP contribution in [-0.2, 0) is 9.47 Å². The van der Waals surface area contributed by atoms with E-state index in [2.05, 4.69) is 20.5 Å². The van der Waals surface area contributed by atoms with Crippen molar-refractivity contribution in [3.05, 3.63) is 76.1 Å². The predicted molar refractivity (Wildman–Crippen MR) is 123 cm³/mol. The molecule has 0 saturated carbocycles. The number of nitrogens with zero attached hydrogens (tertiary/aromatic N) is 3. The van der Waals surface area contributed by atoms with Crippen molar-refractivity contribution in [2.24, 2.45) is 5.10 Å². The Labute approximate surface area is 190 Å². The highest BCUT2D eigenvalue weighted by molar-refractivity contribution is 5.80. The van der Waals surface area contributed by atoms with Gasteiger partial charge in [-0.1, -0.05) is 30.3 Å². The lowest BCUT2D eigenvalue weighted by atomic mass is 10.1.